The summed E-state index contributed by atoms with van der Waals surface area (Å²) in [4.78, 5) is 35.7. The number of unbranched alkanes of at least 4 members (excludes halogenated alkanes) is 1. The second kappa shape index (κ2) is 10.9. The molecule has 1 atom stereocenters. The Kier molecular flexibility index (Phi) is 7.24. The van der Waals surface area contributed by atoms with E-state index in [9.17, 15) is 19.8 Å². The average Bonchev–Trinajstić information content (AvgIpc) is 3.33. The number of phenolic OH excluding ortho intramolecular Hbond substituents is 1. The molecule has 1 aliphatic heterocycles. The monoisotopic (exact) mass is 510 g/mol. The van der Waals surface area contributed by atoms with Gasteiger partial charge in [0.1, 0.15) is 17.5 Å². The number of hydrogen-bond donors (Lipinski definition) is 4. The fourth-order valence-corrected chi connectivity index (χ4v) is 4.97. The lowest BCUT2D eigenvalue weighted by Crippen LogP contribution is -2.39. The molecule has 8 heteroatoms. The summed E-state index contributed by atoms with van der Waals surface area (Å²) in [5, 5.41) is 21.4. The van der Waals surface area contributed by atoms with Crippen molar-refractivity contribution >= 4 is 34.0 Å². The number of nitrogens with zero attached hydrogens (tertiary/aromatic N) is 2. The number of fused-ring (bicyclic) bond motifs is 2. The first-order valence-electron chi connectivity index (χ1n) is 12.8. The summed E-state index contributed by atoms with van der Waals surface area (Å²) in [5.74, 6) is -1.11. The van der Waals surface area contributed by atoms with Gasteiger partial charge in [0.2, 0.25) is 0 Å². The van der Waals surface area contributed by atoms with Crippen molar-refractivity contribution in [3.63, 3.8) is 0 Å². The van der Waals surface area contributed by atoms with Crippen molar-refractivity contribution in [2.45, 2.75) is 31.7 Å². The average molecular weight is 511 g/mol. The molecule has 5 rings (SSSR count). The molecule has 0 saturated carbocycles. The number of carboxylic acids is 1. The van der Waals surface area contributed by atoms with Crippen LogP contribution in [0.5, 0.6) is 5.75 Å². The van der Waals surface area contributed by atoms with E-state index in [-0.39, 0.29) is 17.4 Å². The molecule has 0 fully saturated rings. The smallest absolute Gasteiger partial charge is 0.352 e. The van der Waals surface area contributed by atoms with Gasteiger partial charge in [0.15, 0.2) is 0 Å². The molecule has 8 nitrogen and oxygen atoms in total. The molecule has 0 aliphatic carbocycles. The van der Waals surface area contributed by atoms with Gasteiger partial charge >= 0.3 is 5.97 Å². The van der Waals surface area contributed by atoms with Crippen molar-refractivity contribution < 1.29 is 19.8 Å². The van der Waals surface area contributed by atoms with Crippen LogP contribution < -0.4 is 10.6 Å². The SMILES string of the molecule is NCCCC[C@@H]1N=C(c2cccc3ccccc23)c2[nH]c(C(=O)O)cc2N(CCc2ccc(O)cc2)C1=O. The molecule has 4 aromatic rings. The minimum atomic E-state index is -1.11. The van der Waals surface area contributed by atoms with Gasteiger partial charge in [-0.3, -0.25) is 9.79 Å². The van der Waals surface area contributed by atoms with Crippen molar-refractivity contribution in [3.05, 3.63) is 95.3 Å². The number of phenols is 1. The summed E-state index contributed by atoms with van der Waals surface area (Å²) in [6, 6.07) is 21.6. The Hall–Kier alpha value is -4.43. The van der Waals surface area contributed by atoms with E-state index in [4.69, 9.17) is 10.7 Å². The van der Waals surface area contributed by atoms with E-state index in [0.717, 1.165) is 34.7 Å². The molecular formula is C30H30N4O4. The fourth-order valence-electron chi connectivity index (χ4n) is 4.97. The van der Waals surface area contributed by atoms with Crippen LogP contribution in [0.3, 0.4) is 0 Å². The summed E-state index contributed by atoms with van der Waals surface area (Å²) in [6.45, 7) is 0.867. The first-order valence-corrected chi connectivity index (χ1v) is 12.8. The standard InChI is InChI=1S/C30H30N4O4/c31-16-4-3-10-24-29(36)34(17-15-19-11-13-21(35)14-12-19)26-18-25(30(37)38)33-28(26)27(32-24)23-9-5-7-20-6-1-2-8-22(20)23/h1-2,5-9,11-14,18,24,33,35H,3-4,10,15-17,31H2,(H,37,38)/t24-/m0/s1. The Bertz CT molecular complexity index is 1500. The molecule has 0 saturated heterocycles. The number of aromatic amines is 1. The maximum absolute atomic E-state index is 14.0. The molecule has 1 aromatic heterocycles. The minimum Gasteiger partial charge on any atom is -0.508 e. The van der Waals surface area contributed by atoms with Crippen LogP contribution in [-0.4, -0.2) is 51.9 Å². The molecule has 0 unspecified atom stereocenters. The number of anilines is 1. The number of benzene rings is 3. The predicted octanol–water partition coefficient (Wildman–Crippen LogP) is 4.50. The maximum Gasteiger partial charge on any atom is 0.352 e. The topological polar surface area (TPSA) is 132 Å². The first-order chi connectivity index (χ1) is 18.5. The molecule has 1 amide bonds. The van der Waals surface area contributed by atoms with Gasteiger partial charge in [-0.05, 0) is 66.8 Å². The molecular weight excluding hydrogens is 480 g/mol. The van der Waals surface area contributed by atoms with Crippen LogP contribution in [0, 0.1) is 0 Å². The first kappa shape index (κ1) is 25.2. The lowest BCUT2D eigenvalue weighted by molar-refractivity contribution is -0.119. The Morgan fingerprint density at radius 3 is 2.55 bits per heavy atom. The number of carbonyl (C=O) groups excluding carboxylic acids is 1. The van der Waals surface area contributed by atoms with Gasteiger partial charge in [-0.25, -0.2) is 4.79 Å². The third kappa shape index (κ3) is 5.03. The van der Waals surface area contributed by atoms with Gasteiger partial charge in [-0.15, -0.1) is 0 Å². The molecule has 5 N–H and O–H groups in total. The largest absolute Gasteiger partial charge is 0.508 e. The molecule has 194 valence electrons. The van der Waals surface area contributed by atoms with E-state index in [1.54, 1.807) is 17.0 Å². The number of nitrogens with two attached hydrogens (primary N) is 1. The lowest BCUT2D eigenvalue weighted by atomic mass is 9.98. The molecule has 1 aliphatic rings. The maximum atomic E-state index is 14.0. The molecule has 0 radical (unpaired) electrons. The van der Waals surface area contributed by atoms with E-state index >= 15 is 0 Å². The van der Waals surface area contributed by atoms with Gasteiger partial charge in [0.05, 0.1) is 17.1 Å². The summed E-state index contributed by atoms with van der Waals surface area (Å²) >= 11 is 0. The lowest BCUT2D eigenvalue weighted by Gasteiger charge is -2.24. The number of aliphatic imine (C=N–C) groups is 1. The van der Waals surface area contributed by atoms with Crippen molar-refractivity contribution in [2.75, 3.05) is 18.0 Å². The van der Waals surface area contributed by atoms with E-state index in [1.807, 2.05) is 54.6 Å². The van der Waals surface area contributed by atoms with Crippen molar-refractivity contribution in [3.8, 4) is 5.75 Å². The number of carbonyl (C=O) groups is 2. The van der Waals surface area contributed by atoms with Crippen molar-refractivity contribution in [1.82, 2.24) is 4.98 Å². The highest BCUT2D eigenvalue weighted by molar-refractivity contribution is 6.24. The van der Waals surface area contributed by atoms with Crippen LogP contribution >= 0.6 is 0 Å². The van der Waals surface area contributed by atoms with Crippen LogP contribution in [-0.2, 0) is 11.2 Å². The fraction of sp³-hybridized carbons (Fsp3) is 0.233. The third-order valence-corrected chi connectivity index (χ3v) is 6.93. The van der Waals surface area contributed by atoms with Crippen LogP contribution in [0.15, 0.2) is 77.8 Å². The highest BCUT2D eigenvalue weighted by atomic mass is 16.4. The Morgan fingerprint density at radius 2 is 1.79 bits per heavy atom. The molecule has 0 spiro atoms. The van der Waals surface area contributed by atoms with E-state index in [1.165, 1.54) is 6.07 Å². The van der Waals surface area contributed by atoms with Crippen LogP contribution in [0.25, 0.3) is 10.8 Å². The number of hydrogen-bond acceptors (Lipinski definition) is 5. The molecule has 0 bridgehead atoms. The second-order valence-electron chi connectivity index (χ2n) is 9.46. The highest BCUT2D eigenvalue weighted by Gasteiger charge is 2.34. The Labute approximate surface area is 220 Å². The number of amides is 1. The van der Waals surface area contributed by atoms with Gasteiger partial charge in [0.25, 0.3) is 5.91 Å². The normalized spacial score (nSPS) is 15.3. The zero-order valence-corrected chi connectivity index (χ0v) is 20.9. The quantitative estimate of drug-likeness (QED) is 0.246. The Balaban J connectivity index is 1.64. The van der Waals surface area contributed by atoms with E-state index in [0.29, 0.717) is 43.0 Å². The zero-order chi connectivity index (χ0) is 26.6. The number of nitrogens with one attached hydrogen (secondary N) is 1. The van der Waals surface area contributed by atoms with Crippen LogP contribution in [0.4, 0.5) is 5.69 Å². The van der Waals surface area contributed by atoms with E-state index in [2.05, 4.69) is 4.98 Å². The number of carboxylic acid groups (broad SMARTS) is 1. The predicted molar refractivity (Wildman–Crippen MR) is 148 cm³/mol. The molecule has 3 aromatic carbocycles. The summed E-state index contributed by atoms with van der Waals surface area (Å²) in [5.41, 5.74) is 9.09. The Morgan fingerprint density at radius 1 is 1.03 bits per heavy atom. The van der Waals surface area contributed by atoms with E-state index < -0.39 is 12.0 Å². The minimum absolute atomic E-state index is 0.00745. The summed E-state index contributed by atoms with van der Waals surface area (Å²) in [7, 11) is 0. The van der Waals surface area contributed by atoms with Gasteiger partial charge < -0.3 is 25.8 Å². The van der Waals surface area contributed by atoms with Crippen LogP contribution in [0.1, 0.15) is 46.6 Å². The van der Waals surface area contributed by atoms with Gasteiger partial charge in [-0.1, -0.05) is 54.6 Å². The summed E-state index contributed by atoms with van der Waals surface area (Å²) < 4.78 is 0. The van der Waals surface area contributed by atoms with Crippen molar-refractivity contribution in [1.29, 1.82) is 0 Å². The number of rotatable bonds is 9. The van der Waals surface area contributed by atoms with Crippen molar-refractivity contribution in [2.24, 2.45) is 10.7 Å². The number of aromatic carboxylic acids is 1. The number of aromatic nitrogens is 1. The number of H-pyrrole nitrogens is 1. The third-order valence-electron chi connectivity index (χ3n) is 6.93. The van der Waals surface area contributed by atoms with Crippen LogP contribution in [0.2, 0.25) is 0 Å². The number of aromatic hydroxyl groups is 1. The second-order valence-corrected chi connectivity index (χ2v) is 9.46. The van der Waals surface area contributed by atoms with Gasteiger partial charge in [0, 0.05) is 12.1 Å². The molecule has 38 heavy (non-hydrogen) atoms. The summed E-state index contributed by atoms with van der Waals surface area (Å²) in [6.07, 6.45) is 2.60. The highest BCUT2D eigenvalue weighted by Crippen LogP contribution is 2.33. The zero-order valence-electron chi connectivity index (χ0n) is 20.9. The molecule has 2 heterocycles. The van der Waals surface area contributed by atoms with Gasteiger partial charge in [-0.2, -0.15) is 0 Å².